The molecule has 0 aliphatic heterocycles. The number of unbranched alkanes of at least 4 members (excludes halogenated alkanes) is 1. The second kappa shape index (κ2) is 8.08. The minimum Gasteiger partial charge on any atom is -0.444 e. The third-order valence-corrected chi connectivity index (χ3v) is 3.15. The summed E-state index contributed by atoms with van der Waals surface area (Å²) >= 11 is 5.01. The van der Waals surface area contributed by atoms with Gasteiger partial charge in [-0.15, -0.1) is 0 Å². The molecule has 6 heteroatoms. The van der Waals surface area contributed by atoms with Crippen LogP contribution >= 0.6 is 12.2 Å². The Morgan fingerprint density at radius 3 is 2.55 bits per heavy atom. The van der Waals surface area contributed by atoms with Crippen LogP contribution in [0.25, 0.3) is 0 Å². The van der Waals surface area contributed by atoms with Crippen molar-refractivity contribution in [3.63, 3.8) is 0 Å². The number of carbonyl (C=O) groups excluding carboxylic acids is 2. The average molecular weight is 324 g/mol. The topological polar surface area (TPSA) is 71.2 Å². The molecule has 0 atom stereocenters. The smallest absolute Gasteiger partial charge is 0.407 e. The predicted octanol–water partition coefficient (Wildman–Crippen LogP) is 3.93. The summed E-state index contributed by atoms with van der Waals surface area (Å²) in [5.74, 6) is 0.0843. The van der Waals surface area contributed by atoms with Gasteiger partial charge in [0.25, 0.3) is 0 Å². The summed E-state index contributed by atoms with van der Waals surface area (Å²) in [5, 5.41) is 2.68. The van der Waals surface area contributed by atoms with Crippen molar-refractivity contribution >= 4 is 24.1 Å². The van der Waals surface area contributed by atoms with Crippen molar-refractivity contribution in [2.45, 2.75) is 52.6 Å². The molecule has 0 bridgehead atoms. The van der Waals surface area contributed by atoms with E-state index in [1.807, 2.05) is 27.7 Å². The normalized spacial score (nSPS) is 11.1. The molecule has 0 aliphatic carbocycles. The van der Waals surface area contributed by atoms with Gasteiger partial charge in [-0.25, -0.2) is 4.79 Å². The number of H-pyrrole nitrogens is 1. The molecule has 1 rings (SSSR count). The second-order valence-electron chi connectivity index (χ2n) is 6.17. The van der Waals surface area contributed by atoms with E-state index in [1.165, 1.54) is 0 Å². The Hall–Kier alpha value is -1.69. The fraction of sp³-hybridized carbons (Fsp3) is 0.562. The highest BCUT2D eigenvalue weighted by atomic mass is 32.1. The van der Waals surface area contributed by atoms with Gasteiger partial charge < -0.3 is 15.0 Å². The highest BCUT2D eigenvalue weighted by Crippen LogP contribution is 2.10. The molecule has 22 heavy (non-hydrogen) atoms. The molecule has 0 aromatic carbocycles. The van der Waals surface area contributed by atoms with Crippen molar-refractivity contribution in [2.24, 2.45) is 0 Å². The summed E-state index contributed by atoms with van der Waals surface area (Å²) in [4.78, 5) is 26.5. The molecular weight excluding hydrogens is 300 g/mol. The number of hydrogen-bond donors (Lipinski definition) is 2. The molecule has 5 nitrogen and oxygen atoms in total. The van der Waals surface area contributed by atoms with Crippen molar-refractivity contribution in [3.05, 3.63) is 28.0 Å². The number of carbonyl (C=O) groups is 2. The van der Waals surface area contributed by atoms with Gasteiger partial charge in [-0.3, -0.25) is 4.79 Å². The number of pyridine rings is 1. The lowest BCUT2D eigenvalue weighted by Crippen LogP contribution is -2.33. The number of aryl methyl sites for hydroxylation is 1. The lowest BCUT2D eigenvalue weighted by atomic mass is 10.0. The molecule has 0 aliphatic rings. The van der Waals surface area contributed by atoms with Gasteiger partial charge in [0.15, 0.2) is 5.78 Å². The van der Waals surface area contributed by atoms with Crippen LogP contribution in [0.15, 0.2) is 12.1 Å². The van der Waals surface area contributed by atoms with Gasteiger partial charge >= 0.3 is 6.09 Å². The van der Waals surface area contributed by atoms with Crippen molar-refractivity contribution in [2.75, 3.05) is 6.54 Å². The zero-order chi connectivity index (χ0) is 16.8. The Morgan fingerprint density at radius 2 is 1.95 bits per heavy atom. The molecule has 0 saturated heterocycles. The van der Waals surface area contributed by atoms with Crippen molar-refractivity contribution in [1.82, 2.24) is 10.3 Å². The summed E-state index contributed by atoms with van der Waals surface area (Å²) in [6.45, 7) is 7.79. The number of alkyl carbamates (subject to hydrolysis) is 1. The number of aromatic amines is 1. The first-order valence-corrected chi connectivity index (χ1v) is 7.80. The first kappa shape index (κ1) is 18.4. The molecule has 1 aromatic heterocycles. The van der Waals surface area contributed by atoms with Gasteiger partial charge in [0, 0.05) is 24.2 Å². The standard InChI is InChI=1S/C16H24N2O3S/c1-11-12(8-9-14(22)18-11)13(19)7-5-6-10-17-15(20)21-16(2,3)4/h8-9H,5-7,10H2,1-4H3,(H,17,20)(H,18,22). The zero-order valence-corrected chi connectivity index (χ0v) is 14.4. The van der Waals surface area contributed by atoms with Gasteiger partial charge in [0.2, 0.25) is 0 Å². The van der Waals surface area contributed by atoms with Crippen LogP contribution in [0.3, 0.4) is 0 Å². The van der Waals surface area contributed by atoms with Crippen LogP contribution in [-0.2, 0) is 4.74 Å². The molecule has 0 fully saturated rings. The van der Waals surface area contributed by atoms with Gasteiger partial charge in [-0.2, -0.15) is 0 Å². The monoisotopic (exact) mass is 324 g/mol. The van der Waals surface area contributed by atoms with E-state index in [0.29, 0.717) is 29.6 Å². The fourth-order valence-corrected chi connectivity index (χ4v) is 2.15. The Morgan fingerprint density at radius 1 is 1.27 bits per heavy atom. The number of Topliss-reactive ketones (excluding diaryl/α,β-unsaturated/α-hetero) is 1. The van der Waals surface area contributed by atoms with E-state index in [4.69, 9.17) is 17.0 Å². The van der Waals surface area contributed by atoms with E-state index in [0.717, 1.165) is 12.1 Å². The molecule has 0 spiro atoms. The molecule has 2 N–H and O–H groups in total. The Balaban J connectivity index is 2.29. The van der Waals surface area contributed by atoms with Crippen LogP contribution in [0.1, 0.15) is 56.1 Å². The number of rotatable bonds is 6. The largest absolute Gasteiger partial charge is 0.444 e. The summed E-state index contributed by atoms with van der Waals surface area (Å²) in [7, 11) is 0. The van der Waals surface area contributed by atoms with Gasteiger partial charge in [0.1, 0.15) is 10.2 Å². The lowest BCUT2D eigenvalue weighted by molar-refractivity contribution is 0.0527. The molecule has 0 saturated carbocycles. The first-order chi connectivity index (χ1) is 10.2. The second-order valence-corrected chi connectivity index (χ2v) is 6.61. The maximum atomic E-state index is 12.1. The third-order valence-electron chi connectivity index (χ3n) is 2.92. The van der Waals surface area contributed by atoms with Crippen LogP contribution in [-0.4, -0.2) is 29.0 Å². The average Bonchev–Trinajstić information content (AvgIpc) is 2.35. The number of ether oxygens (including phenoxy) is 1. The third kappa shape index (κ3) is 6.85. The van der Waals surface area contributed by atoms with Gasteiger partial charge in [0.05, 0.1) is 0 Å². The van der Waals surface area contributed by atoms with Crippen molar-refractivity contribution in [3.8, 4) is 0 Å². The number of ketones is 1. The van der Waals surface area contributed by atoms with E-state index in [1.54, 1.807) is 12.1 Å². The Kier molecular flexibility index (Phi) is 6.74. The van der Waals surface area contributed by atoms with E-state index < -0.39 is 11.7 Å². The van der Waals surface area contributed by atoms with Gasteiger partial charge in [-0.1, -0.05) is 12.2 Å². The van der Waals surface area contributed by atoms with Crippen molar-refractivity contribution < 1.29 is 14.3 Å². The summed E-state index contributed by atoms with van der Waals surface area (Å²) in [6.07, 6.45) is 1.46. The quantitative estimate of drug-likeness (QED) is 0.472. The summed E-state index contributed by atoms with van der Waals surface area (Å²) in [5.41, 5.74) is 0.975. The number of amides is 1. The molecule has 0 radical (unpaired) electrons. The SMILES string of the molecule is Cc1[nH]c(=S)ccc1C(=O)CCCCNC(=O)OC(C)(C)C. The molecule has 1 heterocycles. The lowest BCUT2D eigenvalue weighted by Gasteiger charge is -2.19. The number of hydrogen-bond acceptors (Lipinski definition) is 4. The Labute approximate surface area is 136 Å². The molecule has 122 valence electrons. The zero-order valence-electron chi connectivity index (χ0n) is 13.6. The Bertz CT molecular complexity index is 588. The van der Waals surface area contributed by atoms with Crippen LogP contribution < -0.4 is 5.32 Å². The van der Waals surface area contributed by atoms with E-state index >= 15 is 0 Å². The molecule has 1 amide bonds. The number of aromatic nitrogens is 1. The predicted molar refractivity (Wildman–Crippen MR) is 88.8 cm³/mol. The van der Waals surface area contributed by atoms with E-state index in [-0.39, 0.29) is 5.78 Å². The first-order valence-electron chi connectivity index (χ1n) is 7.39. The molecule has 1 aromatic rings. The summed E-state index contributed by atoms with van der Waals surface area (Å²) in [6, 6.07) is 3.48. The van der Waals surface area contributed by atoms with Crippen LogP contribution in [0.5, 0.6) is 0 Å². The van der Waals surface area contributed by atoms with Crippen molar-refractivity contribution in [1.29, 1.82) is 0 Å². The minimum atomic E-state index is -0.495. The highest BCUT2D eigenvalue weighted by molar-refractivity contribution is 7.71. The molecular formula is C16H24N2O3S. The van der Waals surface area contributed by atoms with E-state index in [9.17, 15) is 9.59 Å². The van der Waals surface area contributed by atoms with Crippen LogP contribution in [0.4, 0.5) is 4.79 Å². The van der Waals surface area contributed by atoms with Crippen LogP contribution in [0, 0.1) is 11.6 Å². The fourth-order valence-electron chi connectivity index (χ4n) is 1.93. The highest BCUT2D eigenvalue weighted by Gasteiger charge is 2.15. The minimum absolute atomic E-state index is 0.0843. The van der Waals surface area contributed by atoms with Crippen LogP contribution in [0.2, 0.25) is 0 Å². The molecule has 0 unspecified atom stereocenters. The maximum Gasteiger partial charge on any atom is 0.407 e. The van der Waals surface area contributed by atoms with E-state index in [2.05, 4.69) is 10.3 Å². The number of nitrogens with one attached hydrogen (secondary N) is 2. The maximum absolute atomic E-state index is 12.1. The summed E-state index contributed by atoms with van der Waals surface area (Å²) < 4.78 is 5.75. The van der Waals surface area contributed by atoms with Gasteiger partial charge in [-0.05, 0) is 52.7 Å².